The first-order valence-electron chi connectivity index (χ1n) is 9.76. The third-order valence-corrected chi connectivity index (χ3v) is 5.17. The van der Waals surface area contributed by atoms with Crippen LogP contribution < -0.4 is 5.32 Å². The summed E-state index contributed by atoms with van der Waals surface area (Å²) in [5.74, 6) is -3.30. The van der Waals surface area contributed by atoms with Gasteiger partial charge < -0.3 is 15.2 Å². The summed E-state index contributed by atoms with van der Waals surface area (Å²) in [6, 6.07) is 0. The SMILES string of the molecule is CCCCCCCCCCCC(=O)OC(=O)CC(C(=O)NC(C)O)S(=O)(=O)O. The number of esters is 2. The number of unbranched alkanes of at least 4 members (excludes halogenated alkanes) is 8. The Labute approximate surface area is 167 Å². The molecule has 0 spiro atoms. The van der Waals surface area contributed by atoms with Gasteiger partial charge in [0.05, 0.1) is 6.42 Å². The van der Waals surface area contributed by atoms with Gasteiger partial charge in [0, 0.05) is 6.42 Å². The van der Waals surface area contributed by atoms with Crippen LogP contribution in [-0.2, 0) is 29.2 Å². The van der Waals surface area contributed by atoms with Gasteiger partial charge in [0.15, 0.2) is 5.25 Å². The molecule has 0 aliphatic rings. The summed E-state index contributed by atoms with van der Waals surface area (Å²) in [5.41, 5.74) is 0. The Morgan fingerprint density at radius 2 is 1.43 bits per heavy atom. The molecule has 0 aromatic heterocycles. The van der Waals surface area contributed by atoms with Crippen LogP contribution in [0, 0.1) is 0 Å². The smallest absolute Gasteiger partial charge is 0.315 e. The number of hydrogen-bond acceptors (Lipinski definition) is 7. The normalized spacial score (nSPS) is 13.6. The highest BCUT2D eigenvalue weighted by Crippen LogP contribution is 2.12. The van der Waals surface area contributed by atoms with Crippen molar-refractivity contribution >= 4 is 28.0 Å². The van der Waals surface area contributed by atoms with Gasteiger partial charge in [-0.2, -0.15) is 8.42 Å². The van der Waals surface area contributed by atoms with Crippen LogP contribution in [0.4, 0.5) is 0 Å². The van der Waals surface area contributed by atoms with E-state index in [1.807, 2.05) is 5.32 Å². The largest absolute Gasteiger partial charge is 0.393 e. The summed E-state index contributed by atoms with van der Waals surface area (Å²) >= 11 is 0. The second-order valence-electron chi connectivity index (χ2n) is 6.82. The van der Waals surface area contributed by atoms with Gasteiger partial charge >= 0.3 is 11.9 Å². The quantitative estimate of drug-likeness (QED) is 0.119. The molecule has 0 aromatic carbocycles. The minimum Gasteiger partial charge on any atom is -0.393 e. The zero-order chi connectivity index (χ0) is 21.6. The van der Waals surface area contributed by atoms with Crippen LogP contribution in [0.2, 0.25) is 0 Å². The van der Waals surface area contributed by atoms with E-state index in [4.69, 9.17) is 9.66 Å². The number of rotatable bonds is 15. The molecule has 1 amide bonds. The van der Waals surface area contributed by atoms with Crippen LogP contribution in [0.3, 0.4) is 0 Å². The highest BCUT2D eigenvalue weighted by atomic mass is 32.2. The third-order valence-electron chi connectivity index (χ3n) is 4.07. The molecule has 0 aromatic rings. The van der Waals surface area contributed by atoms with Crippen molar-refractivity contribution in [2.75, 3.05) is 0 Å². The Morgan fingerprint density at radius 3 is 1.89 bits per heavy atom. The molecule has 3 N–H and O–H groups in total. The van der Waals surface area contributed by atoms with E-state index < -0.39 is 45.9 Å². The van der Waals surface area contributed by atoms with E-state index in [0.717, 1.165) is 32.6 Å². The van der Waals surface area contributed by atoms with Crippen molar-refractivity contribution in [2.45, 2.75) is 96.0 Å². The molecule has 2 atom stereocenters. The van der Waals surface area contributed by atoms with Crippen molar-refractivity contribution in [1.29, 1.82) is 0 Å². The molecule has 0 radical (unpaired) electrons. The van der Waals surface area contributed by atoms with E-state index in [0.29, 0.717) is 6.42 Å². The number of hydrogen-bond donors (Lipinski definition) is 3. The van der Waals surface area contributed by atoms with Crippen molar-refractivity contribution in [2.24, 2.45) is 0 Å². The monoisotopic (exact) mass is 423 g/mol. The molecule has 10 heteroatoms. The third kappa shape index (κ3) is 13.6. The van der Waals surface area contributed by atoms with Crippen molar-refractivity contribution in [3.8, 4) is 0 Å². The highest BCUT2D eigenvalue weighted by molar-refractivity contribution is 7.87. The maximum absolute atomic E-state index is 11.7. The predicted octanol–water partition coefficient (Wildman–Crippen LogP) is 2.08. The molecule has 0 aliphatic carbocycles. The van der Waals surface area contributed by atoms with Gasteiger partial charge in [0.25, 0.3) is 10.1 Å². The molecule has 9 nitrogen and oxygen atoms in total. The molecule has 164 valence electrons. The molecule has 0 fully saturated rings. The summed E-state index contributed by atoms with van der Waals surface area (Å²) in [5, 5.41) is 8.76. The molecule has 2 unspecified atom stereocenters. The van der Waals surface area contributed by atoms with Crippen molar-refractivity contribution in [3.05, 3.63) is 0 Å². The summed E-state index contributed by atoms with van der Waals surface area (Å²) in [7, 11) is -4.91. The maximum Gasteiger partial charge on any atom is 0.315 e. The standard InChI is InChI=1S/C18H33NO8S/c1-3-4-5-6-7-8-9-10-11-12-16(21)27-17(22)13-15(28(24,25)26)18(23)19-14(2)20/h14-15,20H,3-13H2,1-2H3,(H,19,23)(H,24,25,26). The van der Waals surface area contributed by atoms with Gasteiger partial charge in [-0.05, 0) is 13.3 Å². The topological polar surface area (TPSA) is 147 Å². The minimum absolute atomic E-state index is 0.0119. The lowest BCUT2D eigenvalue weighted by molar-refractivity contribution is -0.160. The zero-order valence-electron chi connectivity index (χ0n) is 16.7. The summed E-state index contributed by atoms with van der Waals surface area (Å²) in [6.07, 6.45) is 7.12. The van der Waals surface area contributed by atoms with Crippen LogP contribution in [0.1, 0.15) is 84.5 Å². The molecule has 0 bridgehead atoms. The molecular formula is C18H33NO8S. The lowest BCUT2D eigenvalue weighted by Crippen LogP contribution is -2.44. The van der Waals surface area contributed by atoms with E-state index >= 15 is 0 Å². The number of aliphatic hydroxyl groups is 1. The highest BCUT2D eigenvalue weighted by Gasteiger charge is 2.35. The first-order chi connectivity index (χ1) is 13.1. The molecule has 0 saturated heterocycles. The van der Waals surface area contributed by atoms with Gasteiger partial charge in [-0.25, -0.2) is 0 Å². The first kappa shape index (κ1) is 26.5. The van der Waals surface area contributed by atoms with E-state index in [-0.39, 0.29) is 6.42 Å². The van der Waals surface area contributed by atoms with Gasteiger partial charge in [-0.1, -0.05) is 58.3 Å². The van der Waals surface area contributed by atoms with Gasteiger partial charge in [0.1, 0.15) is 6.23 Å². The summed E-state index contributed by atoms with van der Waals surface area (Å²) < 4.78 is 36.1. The van der Waals surface area contributed by atoms with Crippen molar-refractivity contribution in [3.63, 3.8) is 0 Å². The van der Waals surface area contributed by atoms with Gasteiger partial charge in [-0.3, -0.25) is 18.9 Å². The van der Waals surface area contributed by atoms with E-state index in [2.05, 4.69) is 11.7 Å². The van der Waals surface area contributed by atoms with E-state index in [9.17, 15) is 22.8 Å². The Kier molecular flexibility index (Phi) is 13.7. The number of ether oxygens (including phenoxy) is 1. The molecule has 0 saturated carbocycles. The fourth-order valence-corrected chi connectivity index (χ4v) is 3.27. The molecule has 0 aliphatic heterocycles. The number of nitrogens with one attached hydrogen (secondary N) is 1. The zero-order valence-corrected chi connectivity index (χ0v) is 17.5. The number of carbonyl (C=O) groups excluding carboxylic acids is 3. The maximum atomic E-state index is 11.7. The molecule has 28 heavy (non-hydrogen) atoms. The van der Waals surface area contributed by atoms with Crippen LogP contribution >= 0.6 is 0 Å². The fraction of sp³-hybridized carbons (Fsp3) is 0.833. The summed E-state index contributed by atoms with van der Waals surface area (Å²) in [4.78, 5) is 35.0. The minimum atomic E-state index is -4.91. The second kappa shape index (κ2) is 14.5. The molecular weight excluding hydrogens is 390 g/mol. The molecule has 0 rings (SSSR count). The van der Waals surface area contributed by atoms with Crippen LogP contribution in [0.25, 0.3) is 0 Å². The lowest BCUT2D eigenvalue weighted by Gasteiger charge is -2.14. The van der Waals surface area contributed by atoms with E-state index in [1.165, 1.54) is 25.7 Å². The van der Waals surface area contributed by atoms with Crippen LogP contribution in [0.5, 0.6) is 0 Å². The van der Waals surface area contributed by atoms with Crippen LogP contribution in [-0.4, -0.2) is 47.4 Å². The average molecular weight is 424 g/mol. The number of amides is 1. The predicted molar refractivity (Wildman–Crippen MR) is 103 cm³/mol. The summed E-state index contributed by atoms with van der Waals surface area (Å²) in [6.45, 7) is 3.32. The van der Waals surface area contributed by atoms with Crippen molar-refractivity contribution in [1.82, 2.24) is 5.32 Å². The average Bonchev–Trinajstić information content (AvgIpc) is 2.56. The van der Waals surface area contributed by atoms with E-state index in [1.54, 1.807) is 0 Å². The van der Waals surface area contributed by atoms with Crippen molar-refractivity contribution < 1.29 is 37.2 Å². The van der Waals surface area contributed by atoms with Gasteiger partial charge in [0.2, 0.25) is 5.91 Å². The second-order valence-corrected chi connectivity index (χ2v) is 8.42. The van der Waals surface area contributed by atoms with Crippen LogP contribution in [0.15, 0.2) is 0 Å². The Morgan fingerprint density at radius 1 is 0.929 bits per heavy atom. The number of carbonyl (C=O) groups is 3. The number of aliphatic hydroxyl groups excluding tert-OH is 1. The Bertz CT molecular complexity index is 588. The Balaban J connectivity index is 4.15. The molecule has 0 heterocycles. The fourth-order valence-electron chi connectivity index (χ4n) is 2.58. The first-order valence-corrected chi connectivity index (χ1v) is 11.3. The van der Waals surface area contributed by atoms with Gasteiger partial charge in [-0.15, -0.1) is 0 Å². The lowest BCUT2D eigenvalue weighted by atomic mass is 10.1. The Hall–Kier alpha value is -1.52.